The van der Waals surface area contributed by atoms with Crippen molar-refractivity contribution in [1.29, 1.82) is 0 Å². The zero-order valence-electron chi connectivity index (χ0n) is 14.3. The lowest BCUT2D eigenvalue weighted by molar-refractivity contribution is -0.0896. The molecule has 0 unspecified atom stereocenters. The van der Waals surface area contributed by atoms with Crippen LogP contribution in [0.3, 0.4) is 0 Å². The molecule has 1 aromatic carbocycles. The summed E-state index contributed by atoms with van der Waals surface area (Å²) < 4.78 is 0. The summed E-state index contributed by atoms with van der Waals surface area (Å²) in [5.74, 6) is 0.611. The van der Waals surface area contributed by atoms with Crippen molar-refractivity contribution in [3.63, 3.8) is 0 Å². The highest BCUT2D eigenvalue weighted by Gasteiger charge is 2.43. The highest BCUT2D eigenvalue weighted by molar-refractivity contribution is 6.30. The fraction of sp³-hybridized carbons (Fsp3) is 0.700. The first-order valence-electron chi connectivity index (χ1n) is 9.31. The molecule has 0 aromatic heterocycles. The molecule has 1 heterocycles. The predicted molar refractivity (Wildman–Crippen MR) is 96.8 cm³/mol. The van der Waals surface area contributed by atoms with Crippen LogP contribution in [-0.4, -0.2) is 29.6 Å². The molecule has 2 fully saturated rings. The third-order valence-electron chi connectivity index (χ3n) is 6.02. The summed E-state index contributed by atoms with van der Waals surface area (Å²) >= 11 is 6.07. The van der Waals surface area contributed by atoms with E-state index in [0.29, 0.717) is 5.92 Å². The molecule has 0 bridgehead atoms. The molecule has 1 N–H and O–H groups in total. The van der Waals surface area contributed by atoms with Gasteiger partial charge in [0.1, 0.15) is 0 Å². The van der Waals surface area contributed by atoms with Crippen LogP contribution < -0.4 is 0 Å². The molecule has 2 aliphatic rings. The first kappa shape index (κ1) is 17.3. The van der Waals surface area contributed by atoms with E-state index in [2.05, 4.69) is 11.8 Å². The Hall–Kier alpha value is -0.570. The molecule has 0 amide bonds. The summed E-state index contributed by atoms with van der Waals surface area (Å²) in [6.07, 6.45) is 8.69. The number of hydrogen-bond donors (Lipinski definition) is 1. The van der Waals surface area contributed by atoms with Gasteiger partial charge in [-0.15, -0.1) is 0 Å². The number of likely N-dealkylation sites (tertiary alicyclic amines) is 1. The molecule has 128 valence electrons. The molecule has 0 spiro atoms. The van der Waals surface area contributed by atoms with Crippen LogP contribution in [0.25, 0.3) is 0 Å². The van der Waals surface area contributed by atoms with Crippen molar-refractivity contribution in [2.45, 2.75) is 57.5 Å². The van der Waals surface area contributed by atoms with Gasteiger partial charge in [-0.2, -0.15) is 0 Å². The third-order valence-corrected chi connectivity index (χ3v) is 6.27. The van der Waals surface area contributed by atoms with Crippen molar-refractivity contribution in [3.8, 4) is 0 Å². The Kier molecular flexibility index (Phi) is 5.66. The highest BCUT2D eigenvalue weighted by Crippen LogP contribution is 2.44. The summed E-state index contributed by atoms with van der Waals surface area (Å²) in [5, 5.41) is 12.6. The van der Waals surface area contributed by atoms with E-state index in [1.165, 1.54) is 45.2 Å². The zero-order chi connectivity index (χ0) is 16.3. The van der Waals surface area contributed by atoms with Crippen molar-refractivity contribution in [2.75, 3.05) is 19.6 Å². The molecule has 23 heavy (non-hydrogen) atoms. The van der Waals surface area contributed by atoms with Gasteiger partial charge in [0.25, 0.3) is 0 Å². The zero-order valence-corrected chi connectivity index (χ0v) is 15.1. The Morgan fingerprint density at radius 3 is 2.30 bits per heavy atom. The van der Waals surface area contributed by atoms with Crippen molar-refractivity contribution in [2.24, 2.45) is 11.8 Å². The second kappa shape index (κ2) is 7.55. The fourth-order valence-corrected chi connectivity index (χ4v) is 4.80. The minimum atomic E-state index is -0.729. The van der Waals surface area contributed by atoms with E-state index in [1.54, 1.807) is 0 Å². The number of nitrogens with zero attached hydrogens (tertiary/aromatic N) is 1. The standard InChI is InChI=1S/C20H30ClNO/c1-16(15-22-13-5-6-14-22)20(23,17-7-3-2-4-8-17)18-9-11-19(21)12-10-18/h9-12,16-17,23H,2-8,13-15H2,1H3/t16-,20+/m1/s1. The fourth-order valence-electron chi connectivity index (χ4n) is 4.67. The van der Waals surface area contributed by atoms with Gasteiger partial charge in [-0.25, -0.2) is 0 Å². The third kappa shape index (κ3) is 3.75. The SMILES string of the molecule is C[C@H](CN1CCCC1)[C@@](O)(c1ccc(Cl)cc1)C1CCCCC1. The van der Waals surface area contributed by atoms with Gasteiger partial charge < -0.3 is 10.0 Å². The van der Waals surface area contributed by atoms with E-state index in [0.717, 1.165) is 30.0 Å². The summed E-state index contributed by atoms with van der Waals surface area (Å²) in [5.41, 5.74) is 0.327. The van der Waals surface area contributed by atoms with E-state index in [9.17, 15) is 5.11 Å². The number of aliphatic hydroxyl groups is 1. The molecule has 0 radical (unpaired) electrons. The largest absolute Gasteiger partial charge is 0.385 e. The maximum atomic E-state index is 11.9. The second-order valence-corrected chi connectivity index (χ2v) is 8.01. The number of hydrogen-bond acceptors (Lipinski definition) is 2. The molecule has 2 atom stereocenters. The molecule has 1 aliphatic carbocycles. The van der Waals surface area contributed by atoms with Crippen molar-refractivity contribution < 1.29 is 5.11 Å². The first-order valence-corrected chi connectivity index (χ1v) is 9.69. The lowest BCUT2D eigenvalue weighted by Gasteiger charge is -2.44. The maximum Gasteiger partial charge on any atom is 0.0962 e. The van der Waals surface area contributed by atoms with Crippen LogP contribution in [0.5, 0.6) is 0 Å². The quantitative estimate of drug-likeness (QED) is 0.832. The van der Waals surface area contributed by atoms with Crippen LogP contribution in [0.15, 0.2) is 24.3 Å². The maximum absolute atomic E-state index is 11.9. The van der Waals surface area contributed by atoms with Gasteiger partial charge in [0.05, 0.1) is 5.60 Å². The van der Waals surface area contributed by atoms with E-state index in [4.69, 9.17) is 11.6 Å². The molecule has 1 aromatic rings. The topological polar surface area (TPSA) is 23.5 Å². The smallest absolute Gasteiger partial charge is 0.0962 e. The van der Waals surface area contributed by atoms with Crippen LogP contribution in [-0.2, 0) is 5.60 Å². The Bertz CT molecular complexity index is 491. The minimum Gasteiger partial charge on any atom is -0.385 e. The van der Waals surface area contributed by atoms with E-state index >= 15 is 0 Å². The van der Waals surface area contributed by atoms with Crippen LogP contribution in [0, 0.1) is 11.8 Å². The molecule has 1 saturated heterocycles. The number of benzene rings is 1. The van der Waals surface area contributed by atoms with E-state index in [1.807, 2.05) is 24.3 Å². The lowest BCUT2D eigenvalue weighted by Crippen LogP contribution is -2.46. The molecule has 2 nitrogen and oxygen atoms in total. The highest BCUT2D eigenvalue weighted by atomic mass is 35.5. The van der Waals surface area contributed by atoms with Gasteiger partial charge in [0.2, 0.25) is 0 Å². The van der Waals surface area contributed by atoms with Crippen LogP contribution in [0.1, 0.15) is 57.4 Å². The van der Waals surface area contributed by atoms with E-state index < -0.39 is 5.60 Å². The second-order valence-electron chi connectivity index (χ2n) is 7.58. The van der Waals surface area contributed by atoms with Gasteiger partial charge in [0.15, 0.2) is 0 Å². The van der Waals surface area contributed by atoms with Gasteiger partial charge in [-0.05, 0) is 62.4 Å². The van der Waals surface area contributed by atoms with Crippen LogP contribution in [0.4, 0.5) is 0 Å². The Balaban J connectivity index is 1.86. The Labute approximate surface area is 145 Å². The average Bonchev–Trinajstić information content (AvgIpc) is 3.08. The van der Waals surface area contributed by atoms with Crippen molar-refractivity contribution in [3.05, 3.63) is 34.9 Å². The summed E-state index contributed by atoms with van der Waals surface area (Å²) in [7, 11) is 0. The number of halogens is 1. The monoisotopic (exact) mass is 335 g/mol. The average molecular weight is 336 g/mol. The molecule has 1 saturated carbocycles. The molecular formula is C20H30ClNO. The molecular weight excluding hydrogens is 306 g/mol. The minimum absolute atomic E-state index is 0.241. The number of rotatable bonds is 5. The summed E-state index contributed by atoms with van der Waals surface area (Å²) in [6.45, 7) is 5.61. The molecule has 3 heteroatoms. The van der Waals surface area contributed by atoms with Crippen LogP contribution >= 0.6 is 11.6 Å². The lowest BCUT2D eigenvalue weighted by atomic mass is 9.67. The van der Waals surface area contributed by atoms with Crippen molar-refractivity contribution in [1.82, 2.24) is 4.90 Å². The summed E-state index contributed by atoms with van der Waals surface area (Å²) in [6, 6.07) is 7.93. The normalized spacial score (nSPS) is 24.5. The van der Waals surface area contributed by atoms with Gasteiger partial charge >= 0.3 is 0 Å². The Morgan fingerprint density at radius 2 is 1.70 bits per heavy atom. The van der Waals surface area contributed by atoms with E-state index in [-0.39, 0.29) is 5.92 Å². The molecule has 1 aliphatic heterocycles. The van der Waals surface area contributed by atoms with Gasteiger partial charge in [0, 0.05) is 17.5 Å². The van der Waals surface area contributed by atoms with Crippen molar-refractivity contribution >= 4 is 11.6 Å². The van der Waals surface area contributed by atoms with Gasteiger partial charge in [-0.1, -0.05) is 49.9 Å². The first-order chi connectivity index (χ1) is 11.1. The Morgan fingerprint density at radius 1 is 1.09 bits per heavy atom. The van der Waals surface area contributed by atoms with Gasteiger partial charge in [-0.3, -0.25) is 0 Å². The van der Waals surface area contributed by atoms with Crippen LogP contribution in [0.2, 0.25) is 5.02 Å². The molecule has 3 rings (SSSR count). The predicted octanol–water partition coefficient (Wildman–Crippen LogP) is 4.84. The summed E-state index contributed by atoms with van der Waals surface area (Å²) in [4.78, 5) is 2.52.